The van der Waals surface area contributed by atoms with E-state index in [2.05, 4.69) is 21.2 Å². The lowest BCUT2D eigenvalue weighted by molar-refractivity contribution is -0.145. The second kappa shape index (κ2) is 11.3. The third-order valence-corrected chi connectivity index (χ3v) is 5.69. The molecule has 1 heterocycles. The maximum absolute atomic E-state index is 13.7. The monoisotopic (exact) mass is 554 g/mol. The van der Waals surface area contributed by atoms with Gasteiger partial charge in [0.05, 0.1) is 17.2 Å². The number of amides is 3. The summed E-state index contributed by atoms with van der Waals surface area (Å²) in [6.07, 6.45) is 1.40. The number of halogens is 3. The Hall–Kier alpha value is -3.25. The zero-order valence-corrected chi connectivity index (χ0v) is 20.0. The summed E-state index contributed by atoms with van der Waals surface area (Å²) in [5.41, 5.74) is 0.119. The Labute approximate surface area is 205 Å². The van der Waals surface area contributed by atoms with E-state index in [9.17, 15) is 28.0 Å². The van der Waals surface area contributed by atoms with Crippen LogP contribution in [0.25, 0.3) is 6.08 Å². The first-order chi connectivity index (χ1) is 16.2. The van der Waals surface area contributed by atoms with Crippen molar-refractivity contribution in [2.24, 2.45) is 0 Å². The zero-order valence-electron chi connectivity index (χ0n) is 17.6. The van der Waals surface area contributed by atoms with Crippen LogP contribution in [-0.2, 0) is 19.1 Å². The van der Waals surface area contributed by atoms with Crippen LogP contribution in [-0.4, -0.2) is 47.7 Å². The number of imide groups is 1. The van der Waals surface area contributed by atoms with Crippen molar-refractivity contribution < 1.29 is 37.4 Å². The van der Waals surface area contributed by atoms with Crippen LogP contribution in [0.1, 0.15) is 12.5 Å². The van der Waals surface area contributed by atoms with Crippen molar-refractivity contribution in [2.75, 3.05) is 25.1 Å². The van der Waals surface area contributed by atoms with Crippen LogP contribution in [0.3, 0.4) is 0 Å². The molecular weight excluding hydrogens is 538 g/mol. The predicted octanol–water partition coefficient (Wildman–Crippen LogP) is 4.34. The molecule has 1 aliphatic heterocycles. The summed E-state index contributed by atoms with van der Waals surface area (Å²) < 4.78 is 37.7. The molecule has 12 heteroatoms. The molecule has 0 saturated carbocycles. The fourth-order valence-electron chi connectivity index (χ4n) is 2.80. The Morgan fingerprint density at radius 1 is 1.18 bits per heavy atom. The van der Waals surface area contributed by atoms with Crippen molar-refractivity contribution >= 4 is 62.5 Å². The number of rotatable bonds is 8. The standard InChI is InChI=1S/C22H17BrF2N2O6S/c1-2-32-20(29)11-33-17-6-3-13(23)7-12(17)8-18-21(30)27(22(31)34-18)10-19(28)26-16-5-4-14(24)9-15(16)25/h3-9H,2,10-11H2,1H3,(H,26,28)/b18-8+. The lowest BCUT2D eigenvalue weighted by Crippen LogP contribution is -2.36. The number of carbonyl (C=O) groups is 4. The number of nitrogens with one attached hydrogen (secondary N) is 1. The lowest BCUT2D eigenvalue weighted by atomic mass is 10.2. The normalized spacial score (nSPS) is 14.5. The molecule has 2 aromatic carbocycles. The van der Waals surface area contributed by atoms with Crippen molar-refractivity contribution in [1.29, 1.82) is 0 Å². The molecule has 178 valence electrons. The molecule has 2 aromatic rings. The lowest BCUT2D eigenvalue weighted by Gasteiger charge is -2.13. The number of anilines is 1. The highest BCUT2D eigenvalue weighted by Gasteiger charge is 2.36. The molecule has 0 bridgehead atoms. The van der Waals surface area contributed by atoms with E-state index in [-0.39, 0.29) is 29.6 Å². The SMILES string of the molecule is CCOC(=O)COc1ccc(Br)cc1/C=C1/SC(=O)N(CC(=O)Nc2ccc(F)cc2F)C1=O. The average Bonchev–Trinajstić information content (AvgIpc) is 3.02. The smallest absolute Gasteiger partial charge is 0.344 e. The molecule has 0 radical (unpaired) electrons. The highest BCUT2D eigenvalue weighted by Crippen LogP contribution is 2.35. The molecule has 1 aliphatic rings. The van der Waals surface area contributed by atoms with Crippen molar-refractivity contribution in [3.63, 3.8) is 0 Å². The number of thioether (sulfide) groups is 1. The van der Waals surface area contributed by atoms with Crippen LogP contribution in [0.5, 0.6) is 5.75 Å². The van der Waals surface area contributed by atoms with Gasteiger partial charge in [0, 0.05) is 16.1 Å². The molecule has 0 aromatic heterocycles. The summed E-state index contributed by atoms with van der Waals surface area (Å²) in [4.78, 5) is 49.6. The van der Waals surface area contributed by atoms with Crippen LogP contribution in [0.2, 0.25) is 0 Å². The number of hydrogen-bond acceptors (Lipinski definition) is 7. The van der Waals surface area contributed by atoms with Gasteiger partial charge in [0.2, 0.25) is 5.91 Å². The second-order valence-corrected chi connectivity index (χ2v) is 8.62. The molecule has 1 N–H and O–H groups in total. The number of ether oxygens (including phenoxy) is 2. The number of esters is 1. The second-order valence-electron chi connectivity index (χ2n) is 6.72. The molecule has 1 fully saturated rings. The quantitative estimate of drug-likeness (QED) is 0.382. The highest BCUT2D eigenvalue weighted by molar-refractivity contribution is 9.10. The number of nitrogens with zero attached hydrogens (tertiary/aromatic N) is 1. The van der Waals surface area contributed by atoms with Gasteiger partial charge in [-0.15, -0.1) is 0 Å². The van der Waals surface area contributed by atoms with Gasteiger partial charge in [0.15, 0.2) is 6.61 Å². The maximum atomic E-state index is 13.7. The Morgan fingerprint density at radius 3 is 2.65 bits per heavy atom. The summed E-state index contributed by atoms with van der Waals surface area (Å²) in [6.45, 7) is 0.848. The summed E-state index contributed by atoms with van der Waals surface area (Å²) in [5.74, 6) is -3.68. The van der Waals surface area contributed by atoms with Gasteiger partial charge in [-0.25, -0.2) is 13.6 Å². The largest absolute Gasteiger partial charge is 0.481 e. The molecule has 0 unspecified atom stereocenters. The maximum Gasteiger partial charge on any atom is 0.344 e. The molecule has 8 nitrogen and oxygen atoms in total. The topological polar surface area (TPSA) is 102 Å². The van der Waals surface area contributed by atoms with Crippen molar-refractivity contribution in [2.45, 2.75) is 6.92 Å². The summed E-state index contributed by atoms with van der Waals surface area (Å²) in [7, 11) is 0. The van der Waals surface area contributed by atoms with Crippen LogP contribution in [0, 0.1) is 11.6 Å². The van der Waals surface area contributed by atoms with Crippen molar-refractivity contribution in [3.8, 4) is 5.75 Å². The van der Waals surface area contributed by atoms with E-state index in [1.807, 2.05) is 0 Å². The van der Waals surface area contributed by atoms with Crippen LogP contribution in [0.15, 0.2) is 45.8 Å². The molecule has 34 heavy (non-hydrogen) atoms. The minimum Gasteiger partial charge on any atom is -0.481 e. The first-order valence-electron chi connectivity index (χ1n) is 9.76. The first kappa shape index (κ1) is 25.4. The molecule has 3 amide bonds. The molecule has 0 aliphatic carbocycles. The molecule has 0 spiro atoms. The number of carbonyl (C=O) groups excluding carboxylic acids is 4. The minimum absolute atomic E-state index is 0.0184. The number of benzene rings is 2. The van der Waals surface area contributed by atoms with Gasteiger partial charge in [0.1, 0.15) is 23.9 Å². The minimum atomic E-state index is -0.993. The summed E-state index contributed by atoms with van der Waals surface area (Å²) in [5, 5.41) is 1.50. The van der Waals surface area contributed by atoms with E-state index < -0.39 is 41.2 Å². The van der Waals surface area contributed by atoms with Gasteiger partial charge in [0.25, 0.3) is 11.1 Å². The Balaban J connectivity index is 1.73. The Morgan fingerprint density at radius 2 is 1.94 bits per heavy atom. The molecular formula is C22H17BrF2N2O6S. The Bertz CT molecular complexity index is 1190. The van der Waals surface area contributed by atoms with Crippen LogP contribution in [0.4, 0.5) is 19.3 Å². The summed E-state index contributed by atoms with van der Waals surface area (Å²) >= 11 is 3.92. The fourth-order valence-corrected chi connectivity index (χ4v) is 4.01. The van der Waals surface area contributed by atoms with E-state index >= 15 is 0 Å². The van der Waals surface area contributed by atoms with Crippen molar-refractivity contribution in [1.82, 2.24) is 4.90 Å². The van der Waals surface area contributed by atoms with Gasteiger partial charge in [-0.3, -0.25) is 19.3 Å². The van der Waals surface area contributed by atoms with Crippen molar-refractivity contribution in [3.05, 3.63) is 63.0 Å². The Kier molecular flexibility index (Phi) is 8.40. The van der Waals surface area contributed by atoms with Crippen LogP contribution >= 0.6 is 27.7 Å². The van der Waals surface area contributed by atoms with E-state index in [0.29, 0.717) is 32.8 Å². The predicted molar refractivity (Wildman–Crippen MR) is 124 cm³/mol. The van der Waals surface area contributed by atoms with Gasteiger partial charge < -0.3 is 14.8 Å². The van der Waals surface area contributed by atoms with Gasteiger partial charge in [-0.05, 0) is 55.1 Å². The number of hydrogen-bond donors (Lipinski definition) is 1. The van der Waals surface area contributed by atoms with E-state index in [1.165, 1.54) is 6.08 Å². The van der Waals surface area contributed by atoms with Crippen LogP contribution < -0.4 is 10.1 Å². The fraction of sp³-hybridized carbons (Fsp3) is 0.182. The van der Waals surface area contributed by atoms with E-state index in [1.54, 1.807) is 25.1 Å². The summed E-state index contributed by atoms with van der Waals surface area (Å²) in [6, 6.07) is 7.45. The van der Waals surface area contributed by atoms with Gasteiger partial charge >= 0.3 is 5.97 Å². The zero-order chi connectivity index (χ0) is 24.8. The first-order valence-corrected chi connectivity index (χ1v) is 11.4. The van der Waals surface area contributed by atoms with E-state index in [0.717, 1.165) is 12.1 Å². The average molecular weight is 555 g/mol. The highest BCUT2D eigenvalue weighted by atomic mass is 79.9. The molecule has 3 rings (SSSR count). The van der Waals surface area contributed by atoms with Gasteiger partial charge in [-0.2, -0.15) is 0 Å². The molecule has 1 saturated heterocycles. The third-order valence-electron chi connectivity index (χ3n) is 4.29. The van der Waals surface area contributed by atoms with E-state index in [4.69, 9.17) is 9.47 Å². The third kappa shape index (κ3) is 6.41. The molecule has 0 atom stereocenters. The van der Waals surface area contributed by atoms with Gasteiger partial charge in [-0.1, -0.05) is 15.9 Å².